The molecule has 3 atom stereocenters. The molecule has 2 fully saturated rings. The Kier molecular flexibility index (Phi) is 6.40. The number of halogens is 1. The standard InChI is InChI=1S/C24H31FN2O/c25-22-9-7-21(8-10-22)24(28)16-20-6-11-23-18-26(14-15-27(23)17-20)13-12-19-4-2-1-3-5-19/h1-5,7-10,20,23-24,28H,6,11-18H2. The molecule has 0 amide bonds. The third-order valence-corrected chi connectivity index (χ3v) is 6.46. The summed E-state index contributed by atoms with van der Waals surface area (Å²) in [5, 5.41) is 10.5. The summed E-state index contributed by atoms with van der Waals surface area (Å²) in [4.78, 5) is 5.24. The van der Waals surface area contributed by atoms with Gasteiger partial charge >= 0.3 is 0 Å². The largest absolute Gasteiger partial charge is 0.388 e. The Morgan fingerprint density at radius 1 is 0.964 bits per heavy atom. The van der Waals surface area contributed by atoms with Gasteiger partial charge in [0, 0.05) is 38.8 Å². The number of aliphatic hydroxyl groups excluding tert-OH is 1. The molecule has 2 heterocycles. The molecule has 0 saturated carbocycles. The monoisotopic (exact) mass is 382 g/mol. The number of benzene rings is 2. The van der Waals surface area contributed by atoms with Gasteiger partial charge in [0.05, 0.1) is 6.10 Å². The van der Waals surface area contributed by atoms with Crippen molar-refractivity contribution in [3.63, 3.8) is 0 Å². The zero-order valence-corrected chi connectivity index (χ0v) is 16.5. The van der Waals surface area contributed by atoms with Gasteiger partial charge in [0.25, 0.3) is 0 Å². The minimum absolute atomic E-state index is 0.249. The van der Waals surface area contributed by atoms with Gasteiger partial charge in [-0.05, 0) is 54.9 Å². The third kappa shape index (κ3) is 4.99. The lowest BCUT2D eigenvalue weighted by molar-refractivity contribution is 0.0152. The van der Waals surface area contributed by atoms with Crippen LogP contribution in [0.5, 0.6) is 0 Å². The van der Waals surface area contributed by atoms with Crippen LogP contribution >= 0.6 is 0 Å². The lowest BCUT2D eigenvalue weighted by Gasteiger charge is -2.46. The molecule has 150 valence electrons. The zero-order valence-electron chi connectivity index (χ0n) is 16.5. The summed E-state index contributed by atoms with van der Waals surface area (Å²) in [5.74, 6) is 0.272. The Hall–Kier alpha value is -1.75. The number of rotatable bonds is 6. The van der Waals surface area contributed by atoms with Crippen molar-refractivity contribution in [2.24, 2.45) is 5.92 Å². The van der Waals surface area contributed by atoms with E-state index in [0.717, 1.165) is 44.6 Å². The highest BCUT2D eigenvalue weighted by atomic mass is 19.1. The predicted molar refractivity (Wildman–Crippen MR) is 111 cm³/mol. The molecule has 0 bridgehead atoms. The van der Waals surface area contributed by atoms with E-state index in [2.05, 4.69) is 40.1 Å². The molecule has 2 aliphatic rings. The smallest absolute Gasteiger partial charge is 0.123 e. The molecule has 2 saturated heterocycles. The van der Waals surface area contributed by atoms with E-state index in [0.29, 0.717) is 12.0 Å². The molecule has 2 aromatic rings. The molecule has 1 N–H and O–H groups in total. The first-order valence-electron chi connectivity index (χ1n) is 10.6. The molecule has 0 spiro atoms. The normalized spacial score (nSPS) is 24.6. The van der Waals surface area contributed by atoms with Crippen molar-refractivity contribution in [1.29, 1.82) is 0 Å². The first-order valence-corrected chi connectivity index (χ1v) is 10.6. The lowest BCUT2D eigenvalue weighted by Crippen LogP contribution is -2.56. The van der Waals surface area contributed by atoms with Gasteiger partial charge in [-0.1, -0.05) is 42.5 Å². The summed E-state index contributed by atoms with van der Waals surface area (Å²) in [7, 11) is 0. The number of piperidine rings is 1. The maximum Gasteiger partial charge on any atom is 0.123 e. The van der Waals surface area contributed by atoms with E-state index in [1.54, 1.807) is 12.1 Å². The van der Waals surface area contributed by atoms with E-state index in [-0.39, 0.29) is 5.82 Å². The fourth-order valence-electron chi connectivity index (χ4n) is 4.79. The van der Waals surface area contributed by atoms with Gasteiger partial charge in [0.15, 0.2) is 0 Å². The van der Waals surface area contributed by atoms with Gasteiger partial charge in [-0.15, -0.1) is 0 Å². The maximum absolute atomic E-state index is 13.1. The summed E-state index contributed by atoms with van der Waals surface area (Å²) < 4.78 is 13.1. The van der Waals surface area contributed by atoms with Crippen molar-refractivity contribution in [2.75, 3.05) is 32.7 Å². The average Bonchev–Trinajstić information content (AvgIpc) is 2.73. The van der Waals surface area contributed by atoms with Crippen molar-refractivity contribution in [2.45, 2.75) is 37.8 Å². The SMILES string of the molecule is OC(CC1CCC2CN(CCc3ccccc3)CCN2C1)c1ccc(F)cc1. The van der Waals surface area contributed by atoms with Crippen LogP contribution < -0.4 is 0 Å². The highest BCUT2D eigenvalue weighted by molar-refractivity contribution is 5.18. The second kappa shape index (κ2) is 9.17. The Morgan fingerprint density at radius 2 is 1.75 bits per heavy atom. The van der Waals surface area contributed by atoms with Gasteiger partial charge in [0.2, 0.25) is 0 Å². The number of hydrogen-bond donors (Lipinski definition) is 1. The van der Waals surface area contributed by atoms with Crippen LogP contribution in [0.25, 0.3) is 0 Å². The molecule has 28 heavy (non-hydrogen) atoms. The summed E-state index contributed by atoms with van der Waals surface area (Å²) in [5.41, 5.74) is 2.25. The highest BCUT2D eigenvalue weighted by Gasteiger charge is 2.33. The van der Waals surface area contributed by atoms with Crippen LogP contribution in [0.1, 0.15) is 36.5 Å². The van der Waals surface area contributed by atoms with E-state index < -0.39 is 6.10 Å². The third-order valence-electron chi connectivity index (χ3n) is 6.46. The Balaban J connectivity index is 1.24. The van der Waals surface area contributed by atoms with Gasteiger partial charge in [0.1, 0.15) is 5.82 Å². The first-order chi connectivity index (χ1) is 13.7. The van der Waals surface area contributed by atoms with Crippen LogP contribution in [0.15, 0.2) is 54.6 Å². The van der Waals surface area contributed by atoms with E-state index >= 15 is 0 Å². The maximum atomic E-state index is 13.1. The number of aliphatic hydroxyl groups is 1. The molecule has 4 heteroatoms. The van der Waals surface area contributed by atoms with Crippen LogP contribution in [0.4, 0.5) is 4.39 Å². The zero-order chi connectivity index (χ0) is 19.3. The van der Waals surface area contributed by atoms with E-state index in [1.807, 2.05) is 0 Å². The molecule has 0 aliphatic carbocycles. The van der Waals surface area contributed by atoms with Gasteiger partial charge < -0.3 is 10.0 Å². The van der Waals surface area contributed by atoms with Crippen LogP contribution in [0.3, 0.4) is 0 Å². The summed E-state index contributed by atoms with van der Waals surface area (Å²) in [6, 6.07) is 17.7. The molecule has 3 unspecified atom stereocenters. The molecule has 0 aromatic heterocycles. The van der Waals surface area contributed by atoms with Crippen molar-refractivity contribution in [1.82, 2.24) is 9.80 Å². The molecular weight excluding hydrogens is 351 g/mol. The summed E-state index contributed by atoms with van der Waals surface area (Å²) in [6.07, 6.45) is 3.79. The molecule has 2 aromatic carbocycles. The molecule has 4 rings (SSSR count). The highest BCUT2D eigenvalue weighted by Crippen LogP contribution is 2.31. The van der Waals surface area contributed by atoms with Gasteiger partial charge in [-0.3, -0.25) is 4.90 Å². The predicted octanol–water partition coefficient (Wildman–Crippen LogP) is 3.89. The summed E-state index contributed by atoms with van der Waals surface area (Å²) >= 11 is 0. The van der Waals surface area contributed by atoms with Crippen LogP contribution in [-0.4, -0.2) is 53.7 Å². The van der Waals surface area contributed by atoms with Gasteiger partial charge in [-0.2, -0.15) is 0 Å². The first kappa shape index (κ1) is 19.6. The van der Waals surface area contributed by atoms with Crippen LogP contribution in [-0.2, 0) is 6.42 Å². The molecule has 3 nitrogen and oxygen atoms in total. The van der Waals surface area contributed by atoms with E-state index in [1.165, 1.54) is 37.1 Å². The minimum Gasteiger partial charge on any atom is -0.388 e. The minimum atomic E-state index is -0.491. The number of piperazine rings is 1. The molecular formula is C24H31FN2O. The fraction of sp³-hybridized carbons (Fsp3) is 0.500. The van der Waals surface area contributed by atoms with E-state index in [4.69, 9.17) is 0 Å². The number of nitrogens with zero attached hydrogens (tertiary/aromatic N) is 2. The Bertz CT molecular complexity index is 736. The number of fused-ring (bicyclic) bond motifs is 1. The number of hydrogen-bond acceptors (Lipinski definition) is 3. The van der Waals surface area contributed by atoms with E-state index in [9.17, 15) is 9.50 Å². The lowest BCUT2D eigenvalue weighted by atomic mass is 9.86. The van der Waals surface area contributed by atoms with Crippen molar-refractivity contribution in [3.05, 3.63) is 71.5 Å². The van der Waals surface area contributed by atoms with Crippen molar-refractivity contribution < 1.29 is 9.50 Å². The second-order valence-corrected chi connectivity index (χ2v) is 8.43. The van der Waals surface area contributed by atoms with Crippen molar-refractivity contribution in [3.8, 4) is 0 Å². The fourth-order valence-corrected chi connectivity index (χ4v) is 4.79. The van der Waals surface area contributed by atoms with Crippen molar-refractivity contribution >= 4 is 0 Å². The quantitative estimate of drug-likeness (QED) is 0.821. The molecule has 2 aliphatic heterocycles. The Labute approximate surface area is 167 Å². The van der Waals surface area contributed by atoms with Crippen LogP contribution in [0.2, 0.25) is 0 Å². The topological polar surface area (TPSA) is 26.7 Å². The average molecular weight is 383 g/mol. The molecule has 0 radical (unpaired) electrons. The summed E-state index contributed by atoms with van der Waals surface area (Å²) in [6.45, 7) is 5.65. The second-order valence-electron chi connectivity index (χ2n) is 8.43. The Morgan fingerprint density at radius 3 is 2.54 bits per heavy atom. The van der Waals surface area contributed by atoms with Gasteiger partial charge in [-0.25, -0.2) is 4.39 Å². The van der Waals surface area contributed by atoms with Crippen LogP contribution in [0, 0.1) is 11.7 Å².